The SMILES string of the molecule is COc1ccc(OC(=O)CCc2ccc(C)cc2C)c([N+](=O)[O-])c1. The quantitative estimate of drug-likeness (QED) is 0.349. The van der Waals surface area contributed by atoms with E-state index in [0.717, 1.165) is 16.7 Å². The molecule has 126 valence electrons. The molecule has 24 heavy (non-hydrogen) atoms. The zero-order chi connectivity index (χ0) is 17.7. The minimum absolute atomic E-state index is 0.0774. The van der Waals surface area contributed by atoms with Gasteiger partial charge in [0.05, 0.1) is 18.1 Å². The van der Waals surface area contributed by atoms with E-state index < -0.39 is 10.9 Å². The number of nitrogens with zero attached hydrogens (tertiary/aromatic N) is 1. The molecule has 6 heteroatoms. The number of methoxy groups -OCH3 is 1. The molecule has 0 fully saturated rings. The van der Waals surface area contributed by atoms with Gasteiger partial charge in [0.1, 0.15) is 5.75 Å². The Balaban J connectivity index is 2.05. The van der Waals surface area contributed by atoms with Crippen molar-refractivity contribution in [3.05, 3.63) is 63.2 Å². The van der Waals surface area contributed by atoms with Crippen LogP contribution in [0.25, 0.3) is 0 Å². The normalized spacial score (nSPS) is 10.3. The van der Waals surface area contributed by atoms with Crippen LogP contribution in [0.5, 0.6) is 11.5 Å². The highest BCUT2D eigenvalue weighted by molar-refractivity contribution is 5.74. The number of nitro benzene ring substituents is 1. The minimum Gasteiger partial charge on any atom is -0.496 e. The first-order valence-corrected chi connectivity index (χ1v) is 7.50. The van der Waals surface area contributed by atoms with Crippen LogP contribution in [0, 0.1) is 24.0 Å². The van der Waals surface area contributed by atoms with Crippen molar-refractivity contribution >= 4 is 11.7 Å². The maximum Gasteiger partial charge on any atom is 0.315 e. The Morgan fingerprint density at radius 3 is 2.54 bits per heavy atom. The smallest absolute Gasteiger partial charge is 0.315 e. The van der Waals surface area contributed by atoms with Crippen molar-refractivity contribution < 1.29 is 19.2 Å². The second-order valence-corrected chi connectivity index (χ2v) is 5.49. The van der Waals surface area contributed by atoms with Gasteiger partial charge in [-0.05, 0) is 43.5 Å². The molecule has 0 aliphatic rings. The maximum atomic E-state index is 12.0. The molecule has 0 aliphatic heterocycles. The summed E-state index contributed by atoms with van der Waals surface area (Å²) in [5, 5.41) is 11.1. The fraction of sp³-hybridized carbons (Fsp3) is 0.278. The van der Waals surface area contributed by atoms with Crippen LogP contribution < -0.4 is 9.47 Å². The molecule has 0 bridgehead atoms. The number of benzene rings is 2. The van der Waals surface area contributed by atoms with E-state index in [2.05, 4.69) is 6.07 Å². The Hall–Kier alpha value is -2.89. The highest BCUT2D eigenvalue weighted by Crippen LogP contribution is 2.31. The van der Waals surface area contributed by atoms with Gasteiger partial charge in [-0.3, -0.25) is 14.9 Å². The zero-order valence-electron chi connectivity index (χ0n) is 13.9. The van der Waals surface area contributed by atoms with Gasteiger partial charge in [-0.15, -0.1) is 0 Å². The Morgan fingerprint density at radius 2 is 1.92 bits per heavy atom. The van der Waals surface area contributed by atoms with Gasteiger partial charge in [0.15, 0.2) is 0 Å². The van der Waals surface area contributed by atoms with E-state index in [0.29, 0.717) is 12.2 Å². The summed E-state index contributed by atoms with van der Waals surface area (Å²) in [6, 6.07) is 10.1. The topological polar surface area (TPSA) is 78.7 Å². The predicted molar refractivity (Wildman–Crippen MR) is 89.5 cm³/mol. The Labute approximate surface area is 140 Å². The van der Waals surface area contributed by atoms with Gasteiger partial charge >= 0.3 is 11.7 Å². The van der Waals surface area contributed by atoms with E-state index in [4.69, 9.17) is 9.47 Å². The average molecular weight is 329 g/mol. The first-order chi connectivity index (χ1) is 11.4. The third kappa shape index (κ3) is 4.32. The molecule has 0 heterocycles. The summed E-state index contributed by atoms with van der Waals surface area (Å²) in [7, 11) is 1.41. The van der Waals surface area contributed by atoms with Crippen LogP contribution in [0.15, 0.2) is 36.4 Å². The summed E-state index contributed by atoms with van der Waals surface area (Å²) in [4.78, 5) is 22.5. The molecule has 0 saturated heterocycles. The van der Waals surface area contributed by atoms with Crippen molar-refractivity contribution in [2.75, 3.05) is 7.11 Å². The van der Waals surface area contributed by atoms with Crippen molar-refractivity contribution in [2.45, 2.75) is 26.7 Å². The summed E-state index contributed by atoms with van der Waals surface area (Å²) in [6.45, 7) is 4.00. The van der Waals surface area contributed by atoms with Gasteiger partial charge in [0.25, 0.3) is 0 Å². The summed E-state index contributed by atoms with van der Waals surface area (Å²) in [5.74, 6) is -0.258. The molecule has 2 aromatic rings. The largest absolute Gasteiger partial charge is 0.496 e. The van der Waals surface area contributed by atoms with Crippen molar-refractivity contribution in [3.63, 3.8) is 0 Å². The third-order valence-electron chi connectivity index (χ3n) is 3.68. The number of ether oxygens (including phenoxy) is 2. The first-order valence-electron chi connectivity index (χ1n) is 7.50. The molecule has 2 rings (SSSR count). The van der Waals surface area contributed by atoms with Gasteiger partial charge in [0, 0.05) is 6.42 Å². The van der Waals surface area contributed by atoms with E-state index in [1.165, 1.54) is 25.3 Å². The molecule has 0 amide bonds. The second kappa shape index (κ2) is 7.59. The van der Waals surface area contributed by atoms with Crippen molar-refractivity contribution in [1.29, 1.82) is 0 Å². The predicted octanol–water partition coefficient (Wildman–Crippen LogP) is 3.76. The lowest BCUT2D eigenvalue weighted by atomic mass is 10.0. The number of carbonyl (C=O) groups is 1. The van der Waals surface area contributed by atoms with Gasteiger partial charge < -0.3 is 9.47 Å². The molecule has 0 spiro atoms. The average Bonchev–Trinajstić information content (AvgIpc) is 2.54. The van der Waals surface area contributed by atoms with Crippen LogP contribution in [-0.2, 0) is 11.2 Å². The summed E-state index contributed by atoms with van der Waals surface area (Å²) in [5.41, 5.74) is 3.03. The Kier molecular flexibility index (Phi) is 5.52. The minimum atomic E-state index is -0.602. The molecule has 2 aromatic carbocycles. The number of rotatable bonds is 6. The molecular formula is C18H19NO5. The fourth-order valence-electron chi connectivity index (χ4n) is 2.39. The lowest BCUT2D eigenvalue weighted by Gasteiger charge is -2.08. The highest BCUT2D eigenvalue weighted by atomic mass is 16.6. The number of aryl methyl sites for hydroxylation is 3. The van der Waals surface area contributed by atoms with E-state index >= 15 is 0 Å². The van der Waals surface area contributed by atoms with Crippen LogP contribution in [-0.4, -0.2) is 18.0 Å². The number of hydrogen-bond donors (Lipinski definition) is 0. The van der Waals surface area contributed by atoms with E-state index in [1.807, 2.05) is 26.0 Å². The Morgan fingerprint density at radius 1 is 1.17 bits per heavy atom. The molecular weight excluding hydrogens is 310 g/mol. The number of carbonyl (C=O) groups excluding carboxylic acids is 1. The molecule has 0 N–H and O–H groups in total. The molecule has 6 nitrogen and oxygen atoms in total. The molecule has 0 aliphatic carbocycles. The zero-order valence-corrected chi connectivity index (χ0v) is 13.9. The maximum absolute atomic E-state index is 12.0. The lowest BCUT2D eigenvalue weighted by Crippen LogP contribution is -2.10. The summed E-state index contributed by atoms with van der Waals surface area (Å²) in [6.07, 6.45) is 0.669. The molecule has 0 aromatic heterocycles. The van der Waals surface area contributed by atoms with Gasteiger partial charge in [-0.1, -0.05) is 23.8 Å². The number of esters is 1. The number of nitro groups is 1. The van der Waals surface area contributed by atoms with Gasteiger partial charge in [-0.2, -0.15) is 0 Å². The number of hydrogen-bond acceptors (Lipinski definition) is 5. The van der Waals surface area contributed by atoms with E-state index in [1.54, 1.807) is 0 Å². The fourth-order valence-corrected chi connectivity index (χ4v) is 2.39. The second-order valence-electron chi connectivity index (χ2n) is 5.49. The van der Waals surface area contributed by atoms with Crippen LogP contribution in [0.2, 0.25) is 0 Å². The molecule has 0 unspecified atom stereocenters. The van der Waals surface area contributed by atoms with Crippen LogP contribution in [0.3, 0.4) is 0 Å². The van der Waals surface area contributed by atoms with Gasteiger partial charge in [-0.25, -0.2) is 0 Å². The Bertz CT molecular complexity index is 770. The van der Waals surface area contributed by atoms with Crippen LogP contribution in [0.4, 0.5) is 5.69 Å². The summed E-state index contributed by atoms with van der Waals surface area (Å²) < 4.78 is 10.1. The lowest BCUT2D eigenvalue weighted by molar-refractivity contribution is -0.385. The molecule has 0 saturated carbocycles. The van der Waals surface area contributed by atoms with E-state index in [-0.39, 0.29) is 17.9 Å². The van der Waals surface area contributed by atoms with Crippen molar-refractivity contribution in [1.82, 2.24) is 0 Å². The standard InChI is InChI=1S/C18H19NO5/c1-12-4-5-14(13(2)10-12)6-9-18(20)24-17-8-7-15(23-3)11-16(17)19(21)22/h4-5,7-8,10-11H,6,9H2,1-3H3. The highest BCUT2D eigenvalue weighted by Gasteiger charge is 2.19. The van der Waals surface area contributed by atoms with Gasteiger partial charge in [0.2, 0.25) is 5.75 Å². The monoisotopic (exact) mass is 329 g/mol. The van der Waals surface area contributed by atoms with Crippen molar-refractivity contribution in [2.24, 2.45) is 0 Å². The summed E-state index contributed by atoms with van der Waals surface area (Å²) >= 11 is 0. The van der Waals surface area contributed by atoms with E-state index in [9.17, 15) is 14.9 Å². The molecule has 0 radical (unpaired) electrons. The van der Waals surface area contributed by atoms with Crippen molar-refractivity contribution in [3.8, 4) is 11.5 Å². The first kappa shape index (κ1) is 17.5. The molecule has 0 atom stereocenters. The third-order valence-corrected chi connectivity index (χ3v) is 3.68. The van der Waals surface area contributed by atoms with Crippen LogP contribution >= 0.6 is 0 Å². The van der Waals surface area contributed by atoms with Crippen LogP contribution in [0.1, 0.15) is 23.1 Å².